The Bertz CT molecular complexity index is 1330. The predicted octanol–water partition coefficient (Wildman–Crippen LogP) is 7.94. The first-order valence-corrected chi connectivity index (χ1v) is 16.5. The van der Waals surface area contributed by atoms with Crippen LogP contribution in [0.1, 0.15) is 54.4 Å². The summed E-state index contributed by atoms with van der Waals surface area (Å²) in [5.74, 6) is -0.301. The van der Waals surface area contributed by atoms with Gasteiger partial charge in [0.2, 0.25) is 0 Å². The fourth-order valence-electron chi connectivity index (χ4n) is 7.90. The van der Waals surface area contributed by atoms with Crippen LogP contribution in [0.3, 0.4) is 0 Å². The molecular weight excluding hydrogens is 571 g/mol. The fraction of sp³-hybridized carbons (Fsp3) is 0.350. The van der Waals surface area contributed by atoms with Crippen molar-refractivity contribution in [3.63, 3.8) is 0 Å². The minimum absolute atomic E-state index is 0.160. The summed E-state index contributed by atoms with van der Waals surface area (Å²) in [5.41, 5.74) is 1.51. The summed E-state index contributed by atoms with van der Waals surface area (Å²) in [6.07, 6.45) is 5.13. The van der Waals surface area contributed by atoms with Gasteiger partial charge in [-0.15, -0.1) is 6.58 Å². The van der Waals surface area contributed by atoms with Gasteiger partial charge in [-0.2, -0.15) is 0 Å². The Morgan fingerprint density at radius 3 is 1.30 bits per heavy atom. The molecule has 1 N–H and O–H groups in total. The van der Waals surface area contributed by atoms with Crippen molar-refractivity contribution in [3.05, 3.63) is 156 Å². The molecule has 5 nitrogen and oxygen atoms in total. The number of hydrogen-bond acceptors (Lipinski definition) is 5. The maximum absolute atomic E-state index is 11.9. The SMILES string of the molecule is C=C[C@H](B1O[C@@H](C(OC)(c2ccccc2)c2ccccc2)[C@H](C(OC)(c2ccccc2)c2ccccc2)O1)[C@H](O)C1CCCCC1. The fourth-order valence-corrected chi connectivity index (χ4v) is 7.90. The summed E-state index contributed by atoms with van der Waals surface area (Å²) in [6.45, 7) is 4.19. The van der Waals surface area contributed by atoms with Gasteiger partial charge in [-0.3, -0.25) is 0 Å². The first-order chi connectivity index (χ1) is 22.6. The van der Waals surface area contributed by atoms with Crippen molar-refractivity contribution in [3.8, 4) is 0 Å². The Kier molecular flexibility index (Phi) is 10.2. The summed E-state index contributed by atoms with van der Waals surface area (Å²) < 4.78 is 27.8. The van der Waals surface area contributed by atoms with Crippen LogP contribution in [0.4, 0.5) is 0 Å². The molecule has 1 saturated carbocycles. The summed E-state index contributed by atoms with van der Waals surface area (Å²) in [5, 5.41) is 11.9. The summed E-state index contributed by atoms with van der Waals surface area (Å²) in [6, 6.07) is 40.8. The number of methoxy groups -OCH3 is 2. The molecule has 46 heavy (non-hydrogen) atoms. The number of ether oxygens (including phenoxy) is 2. The van der Waals surface area contributed by atoms with E-state index in [0.29, 0.717) is 0 Å². The lowest BCUT2D eigenvalue weighted by Gasteiger charge is -2.47. The van der Waals surface area contributed by atoms with Crippen LogP contribution < -0.4 is 0 Å². The van der Waals surface area contributed by atoms with E-state index in [1.807, 2.05) is 78.9 Å². The van der Waals surface area contributed by atoms with Crippen molar-refractivity contribution < 1.29 is 23.9 Å². The lowest BCUT2D eigenvalue weighted by atomic mass is 9.64. The number of benzene rings is 4. The largest absolute Gasteiger partial charge is 0.467 e. The molecule has 0 spiro atoms. The Labute approximate surface area is 274 Å². The highest BCUT2D eigenvalue weighted by Gasteiger charge is 2.63. The van der Waals surface area contributed by atoms with Gasteiger partial charge in [-0.25, -0.2) is 0 Å². The molecule has 0 aromatic heterocycles. The molecular formula is C40H45BO5. The maximum atomic E-state index is 11.9. The number of hydrogen-bond donors (Lipinski definition) is 1. The molecule has 0 unspecified atom stereocenters. The molecule has 0 radical (unpaired) electrons. The van der Waals surface area contributed by atoms with E-state index in [-0.39, 0.29) is 5.92 Å². The third-order valence-electron chi connectivity index (χ3n) is 10.2. The summed E-state index contributed by atoms with van der Waals surface area (Å²) in [4.78, 5) is 0. The highest BCUT2D eigenvalue weighted by molar-refractivity contribution is 6.48. The van der Waals surface area contributed by atoms with E-state index in [1.54, 1.807) is 14.2 Å². The van der Waals surface area contributed by atoms with Gasteiger partial charge in [-0.1, -0.05) is 147 Å². The average Bonchev–Trinajstić information content (AvgIpc) is 3.57. The maximum Gasteiger partial charge on any atom is 0.467 e. The number of aliphatic hydroxyl groups is 1. The van der Waals surface area contributed by atoms with Crippen molar-refractivity contribution in [1.82, 2.24) is 0 Å². The summed E-state index contributed by atoms with van der Waals surface area (Å²) in [7, 11) is 2.66. The van der Waals surface area contributed by atoms with Gasteiger partial charge in [0.05, 0.1) is 6.10 Å². The van der Waals surface area contributed by atoms with Gasteiger partial charge in [0.25, 0.3) is 0 Å². The molecule has 1 saturated heterocycles. The van der Waals surface area contributed by atoms with Crippen molar-refractivity contribution in [1.29, 1.82) is 0 Å². The molecule has 2 fully saturated rings. The molecule has 6 heteroatoms. The van der Waals surface area contributed by atoms with E-state index in [2.05, 4.69) is 55.1 Å². The number of rotatable bonds is 12. The van der Waals surface area contributed by atoms with Gasteiger partial charge >= 0.3 is 7.12 Å². The lowest BCUT2D eigenvalue weighted by molar-refractivity contribution is -0.136. The molecule has 0 bridgehead atoms. The van der Waals surface area contributed by atoms with E-state index >= 15 is 0 Å². The second-order valence-corrected chi connectivity index (χ2v) is 12.5. The Morgan fingerprint density at radius 2 is 1.00 bits per heavy atom. The van der Waals surface area contributed by atoms with Crippen LogP contribution in [0.15, 0.2) is 134 Å². The topological polar surface area (TPSA) is 57.2 Å². The Morgan fingerprint density at radius 1 is 0.652 bits per heavy atom. The lowest BCUT2D eigenvalue weighted by Crippen LogP contribution is -2.56. The van der Waals surface area contributed by atoms with Crippen LogP contribution in [0.2, 0.25) is 5.82 Å². The normalized spacial score (nSPS) is 20.7. The van der Waals surface area contributed by atoms with E-state index in [0.717, 1.165) is 47.9 Å². The molecule has 4 aromatic carbocycles. The minimum Gasteiger partial charge on any atom is -0.401 e. The molecule has 6 rings (SSSR count). The highest BCUT2D eigenvalue weighted by Crippen LogP contribution is 2.52. The predicted molar refractivity (Wildman–Crippen MR) is 183 cm³/mol. The van der Waals surface area contributed by atoms with Crippen LogP contribution >= 0.6 is 0 Å². The minimum atomic E-state index is -1.10. The van der Waals surface area contributed by atoms with Crippen molar-refractivity contribution in [2.75, 3.05) is 14.2 Å². The zero-order valence-corrected chi connectivity index (χ0v) is 26.9. The van der Waals surface area contributed by atoms with Crippen LogP contribution in [-0.2, 0) is 30.0 Å². The van der Waals surface area contributed by atoms with Crippen molar-refractivity contribution in [2.24, 2.45) is 5.92 Å². The second kappa shape index (κ2) is 14.5. The average molecular weight is 617 g/mol. The zero-order chi connectivity index (χ0) is 32.0. The Balaban J connectivity index is 1.58. The second-order valence-electron chi connectivity index (χ2n) is 12.5. The third-order valence-corrected chi connectivity index (χ3v) is 10.2. The van der Waals surface area contributed by atoms with E-state index < -0.39 is 42.4 Å². The molecule has 1 aliphatic carbocycles. The van der Waals surface area contributed by atoms with Gasteiger partial charge in [0.1, 0.15) is 23.4 Å². The number of aliphatic hydroxyl groups excluding tert-OH is 1. The quantitative estimate of drug-likeness (QED) is 0.129. The van der Waals surface area contributed by atoms with Crippen LogP contribution in [0.25, 0.3) is 0 Å². The smallest absolute Gasteiger partial charge is 0.401 e. The van der Waals surface area contributed by atoms with Crippen LogP contribution in [0.5, 0.6) is 0 Å². The summed E-state index contributed by atoms with van der Waals surface area (Å²) >= 11 is 0. The van der Waals surface area contributed by atoms with E-state index in [9.17, 15) is 5.11 Å². The molecule has 4 aromatic rings. The molecule has 0 amide bonds. The van der Waals surface area contributed by atoms with Crippen LogP contribution in [-0.4, -0.2) is 44.8 Å². The molecule has 1 heterocycles. The molecule has 2 aliphatic rings. The third kappa shape index (κ3) is 5.78. The monoisotopic (exact) mass is 616 g/mol. The van der Waals surface area contributed by atoms with Gasteiger partial charge in [-0.05, 0) is 41.0 Å². The zero-order valence-electron chi connectivity index (χ0n) is 26.9. The van der Waals surface area contributed by atoms with Gasteiger partial charge < -0.3 is 23.9 Å². The molecule has 1 aliphatic heterocycles. The standard InChI is InChI=1S/C40H45BO5/c1-4-35(36(42)30-20-10-5-11-21-30)41-45-37(39(43-2,31-22-12-6-13-23-31)32-24-14-7-15-25-32)38(46-41)40(44-3,33-26-16-8-17-27-33)34-28-18-9-19-29-34/h4,6-9,12-19,22-30,35-38,42H,1,5,10-11,20-21H2,2-3H3/t35-,36+,37+,38+/m0/s1. The van der Waals surface area contributed by atoms with Crippen molar-refractivity contribution in [2.45, 2.75) is 67.4 Å². The first-order valence-electron chi connectivity index (χ1n) is 16.5. The van der Waals surface area contributed by atoms with Crippen LogP contribution in [0, 0.1) is 5.92 Å². The Hall–Kier alpha value is -3.52. The van der Waals surface area contributed by atoms with Gasteiger partial charge in [0, 0.05) is 20.0 Å². The first kappa shape index (κ1) is 32.4. The highest BCUT2D eigenvalue weighted by atomic mass is 16.7. The van der Waals surface area contributed by atoms with E-state index in [4.69, 9.17) is 18.8 Å². The van der Waals surface area contributed by atoms with Crippen molar-refractivity contribution >= 4 is 7.12 Å². The van der Waals surface area contributed by atoms with Gasteiger partial charge in [0.15, 0.2) is 0 Å². The molecule has 4 atom stereocenters. The molecule has 238 valence electrons. The van der Waals surface area contributed by atoms with E-state index in [1.165, 1.54) is 6.42 Å².